The van der Waals surface area contributed by atoms with Crippen LogP contribution in [0.5, 0.6) is 23.0 Å². The minimum Gasteiger partial charge on any atom is -0.493 e. The summed E-state index contributed by atoms with van der Waals surface area (Å²) in [4.78, 5) is 2.41. The van der Waals surface area contributed by atoms with E-state index in [1.54, 1.807) is 14.2 Å². The molecule has 0 fully saturated rings. The molecule has 2 aromatic rings. The predicted molar refractivity (Wildman–Crippen MR) is 103 cm³/mol. The van der Waals surface area contributed by atoms with Crippen LogP contribution < -0.4 is 18.9 Å². The summed E-state index contributed by atoms with van der Waals surface area (Å²) in [6, 6.07) is 8.44. The van der Waals surface area contributed by atoms with Gasteiger partial charge in [-0.15, -0.1) is 0 Å². The third-order valence-electron chi connectivity index (χ3n) is 6.29. The van der Waals surface area contributed by atoms with Crippen molar-refractivity contribution in [2.75, 3.05) is 34.6 Å². The minimum absolute atomic E-state index is 0.287. The standard InChI is InChI=1S/C22H23NO4/c1-13-16-9-21-20(26-12-27-21)8-15(16)11-22(13)17-10-19(25-4)18(24-3)7-14(17)5-6-23(22)2/h7-10H,1,5-6,11-12H2,2-4H3. The highest BCUT2D eigenvalue weighted by Gasteiger charge is 2.49. The number of rotatable bonds is 2. The molecular formula is C22H23NO4. The summed E-state index contributed by atoms with van der Waals surface area (Å²) in [6.07, 6.45) is 1.83. The van der Waals surface area contributed by atoms with Crippen molar-refractivity contribution >= 4 is 5.57 Å². The first-order chi connectivity index (χ1) is 13.1. The van der Waals surface area contributed by atoms with Crippen LogP contribution in [0, 0.1) is 0 Å². The van der Waals surface area contributed by atoms with Gasteiger partial charge in [0.15, 0.2) is 23.0 Å². The molecule has 0 saturated carbocycles. The van der Waals surface area contributed by atoms with E-state index in [1.807, 2.05) is 0 Å². The molecule has 5 nitrogen and oxygen atoms in total. The SMILES string of the molecule is C=C1c2cc3c(cc2CC12c1cc(OC)c(OC)cc1CCN2C)OCO3. The molecule has 1 unspecified atom stereocenters. The second-order valence-corrected chi connectivity index (χ2v) is 7.41. The zero-order chi connectivity index (χ0) is 18.8. The molecule has 2 aromatic carbocycles. The number of benzene rings is 2. The monoisotopic (exact) mass is 365 g/mol. The molecule has 0 aromatic heterocycles. The maximum atomic E-state index is 5.60. The lowest BCUT2D eigenvalue weighted by molar-refractivity contribution is 0.167. The number of likely N-dealkylation sites (N-methyl/N-ethyl adjacent to an activating group) is 1. The summed E-state index contributed by atoms with van der Waals surface area (Å²) in [5.41, 5.74) is 5.76. The van der Waals surface area contributed by atoms with Crippen molar-refractivity contribution in [3.8, 4) is 23.0 Å². The fraction of sp³-hybridized carbons (Fsp3) is 0.364. The van der Waals surface area contributed by atoms with Gasteiger partial charge in [-0.3, -0.25) is 4.90 Å². The first-order valence-corrected chi connectivity index (χ1v) is 9.17. The van der Waals surface area contributed by atoms with Crippen LogP contribution in [0.3, 0.4) is 0 Å². The second kappa shape index (κ2) is 5.67. The normalized spacial score (nSPS) is 22.7. The Morgan fingerprint density at radius 1 is 1.00 bits per heavy atom. The summed E-state index contributed by atoms with van der Waals surface area (Å²) >= 11 is 0. The van der Waals surface area contributed by atoms with E-state index < -0.39 is 0 Å². The number of hydrogen-bond acceptors (Lipinski definition) is 5. The van der Waals surface area contributed by atoms with Gasteiger partial charge >= 0.3 is 0 Å². The number of fused-ring (bicyclic) bond motifs is 4. The lowest BCUT2D eigenvalue weighted by Crippen LogP contribution is -2.48. The summed E-state index contributed by atoms with van der Waals surface area (Å²) in [7, 11) is 5.54. The third-order valence-corrected chi connectivity index (χ3v) is 6.29. The van der Waals surface area contributed by atoms with E-state index in [9.17, 15) is 0 Å². The second-order valence-electron chi connectivity index (χ2n) is 7.41. The van der Waals surface area contributed by atoms with Crippen LogP contribution in [-0.4, -0.2) is 39.5 Å². The van der Waals surface area contributed by atoms with Crippen molar-refractivity contribution in [3.63, 3.8) is 0 Å². The number of hydrogen-bond donors (Lipinski definition) is 0. The van der Waals surface area contributed by atoms with Crippen LogP contribution in [0.1, 0.15) is 22.3 Å². The highest BCUT2D eigenvalue weighted by atomic mass is 16.7. The van der Waals surface area contributed by atoms with E-state index in [0.717, 1.165) is 53.5 Å². The molecule has 1 aliphatic carbocycles. The molecule has 2 heterocycles. The molecule has 1 atom stereocenters. The summed E-state index contributed by atoms with van der Waals surface area (Å²) in [5, 5.41) is 0. The van der Waals surface area contributed by atoms with Gasteiger partial charge in [0.25, 0.3) is 0 Å². The first kappa shape index (κ1) is 16.5. The molecule has 1 spiro atoms. The Morgan fingerprint density at radius 2 is 1.70 bits per heavy atom. The number of nitrogens with zero attached hydrogens (tertiary/aromatic N) is 1. The van der Waals surface area contributed by atoms with Crippen molar-refractivity contribution in [2.45, 2.75) is 18.4 Å². The molecule has 140 valence electrons. The Morgan fingerprint density at radius 3 is 2.44 bits per heavy atom. The van der Waals surface area contributed by atoms with Gasteiger partial charge in [-0.25, -0.2) is 0 Å². The largest absolute Gasteiger partial charge is 0.493 e. The molecular weight excluding hydrogens is 342 g/mol. The van der Waals surface area contributed by atoms with Crippen LogP contribution in [0.15, 0.2) is 30.8 Å². The van der Waals surface area contributed by atoms with Crippen molar-refractivity contribution in [2.24, 2.45) is 0 Å². The molecule has 5 rings (SSSR count). The Balaban J connectivity index is 1.70. The molecule has 0 amide bonds. The molecule has 0 N–H and O–H groups in total. The Hall–Kier alpha value is -2.66. The van der Waals surface area contributed by atoms with E-state index in [1.165, 1.54) is 16.7 Å². The zero-order valence-electron chi connectivity index (χ0n) is 15.9. The van der Waals surface area contributed by atoms with E-state index in [2.05, 4.69) is 42.8 Å². The van der Waals surface area contributed by atoms with Crippen LogP contribution >= 0.6 is 0 Å². The van der Waals surface area contributed by atoms with Crippen LogP contribution in [0.2, 0.25) is 0 Å². The van der Waals surface area contributed by atoms with Gasteiger partial charge in [-0.2, -0.15) is 0 Å². The average molecular weight is 365 g/mol. The molecule has 5 heteroatoms. The zero-order valence-corrected chi connectivity index (χ0v) is 15.9. The first-order valence-electron chi connectivity index (χ1n) is 9.17. The van der Waals surface area contributed by atoms with Gasteiger partial charge in [0, 0.05) is 6.54 Å². The maximum Gasteiger partial charge on any atom is 0.231 e. The van der Waals surface area contributed by atoms with E-state index in [0.29, 0.717) is 0 Å². The van der Waals surface area contributed by atoms with E-state index in [-0.39, 0.29) is 12.3 Å². The van der Waals surface area contributed by atoms with Gasteiger partial charge in [0.1, 0.15) is 0 Å². The predicted octanol–water partition coefficient (Wildman–Crippen LogP) is 3.39. The molecule has 2 aliphatic heterocycles. The van der Waals surface area contributed by atoms with Crippen LogP contribution in [0.25, 0.3) is 5.57 Å². The molecule has 27 heavy (non-hydrogen) atoms. The van der Waals surface area contributed by atoms with Crippen molar-refractivity contribution < 1.29 is 18.9 Å². The van der Waals surface area contributed by atoms with E-state index >= 15 is 0 Å². The smallest absolute Gasteiger partial charge is 0.231 e. The Bertz CT molecular complexity index is 967. The number of ether oxygens (including phenoxy) is 4. The molecule has 0 bridgehead atoms. The maximum absolute atomic E-state index is 5.60. The average Bonchev–Trinajstić information content (AvgIpc) is 3.25. The minimum atomic E-state index is -0.287. The van der Waals surface area contributed by atoms with Crippen molar-refractivity contribution in [3.05, 3.63) is 53.1 Å². The lowest BCUT2D eigenvalue weighted by atomic mass is 9.76. The summed E-state index contributed by atoms with van der Waals surface area (Å²) in [6.45, 7) is 5.78. The van der Waals surface area contributed by atoms with Crippen molar-refractivity contribution in [1.29, 1.82) is 0 Å². The Labute approximate surface area is 159 Å². The molecule has 3 aliphatic rings. The van der Waals surface area contributed by atoms with Crippen LogP contribution in [0.4, 0.5) is 0 Å². The topological polar surface area (TPSA) is 40.2 Å². The fourth-order valence-electron chi connectivity index (χ4n) is 4.84. The van der Waals surface area contributed by atoms with E-state index in [4.69, 9.17) is 18.9 Å². The third kappa shape index (κ3) is 2.09. The number of methoxy groups -OCH3 is 2. The quantitative estimate of drug-likeness (QED) is 0.816. The van der Waals surface area contributed by atoms with Crippen LogP contribution in [-0.2, 0) is 18.4 Å². The van der Waals surface area contributed by atoms with Gasteiger partial charge in [0.2, 0.25) is 6.79 Å². The van der Waals surface area contributed by atoms with Crippen molar-refractivity contribution in [1.82, 2.24) is 4.90 Å². The fourth-order valence-corrected chi connectivity index (χ4v) is 4.84. The summed E-state index contributed by atoms with van der Waals surface area (Å²) in [5.74, 6) is 3.16. The van der Waals surface area contributed by atoms with Gasteiger partial charge in [0.05, 0.1) is 19.8 Å². The highest BCUT2D eigenvalue weighted by Crippen LogP contribution is 2.55. The Kier molecular flexibility index (Phi) is 3.46. The summed E-state index contributed by atoms with van der Waals surface area (Å²) < 4.78 is 22.3. The van der Waals surface area contributed by atoms with Gasteiger partial charge in [-0.05, 0) is 72.0 Å². The van der Waals surface area contributed by atoms with Gasteiger partial charge < -0.3 is 18.9 Å². The lowest BCUT2D eigenvalue weighted by Gasteiger charge is -2.45. The van der Waals surface area contributed by atoms with Gasteiger partial charge in [-0.1, -0.05) is 6.58 Å². The molecule has 0 radical (unpaired) electrons. The molecule has 0 saturated heterocycles. The highest BCUT2D eigenvalue weighted by molar-refractivity contribution is 5.83.